The molecule has 4 aromatic heterocycles. The molecule has 0 atom stereocenters. The monoisotopic (exact) mass is 504 g/mol. The number of non-ortho nitro benzene ring substituents is 1. The van der Waals surface area contributed by atoms with Crippen LogP contribution < -0.4 is 10.9 Å². The standard InChI is InChI=1S/C23H20N8O4S/c1-15-19(36-23(27-15)28-8-2-3-9-28)21(32)24-7-10-30-20-18(12-26-30)22(33)29(14-25-20)13-16-5-4-6-17(11-16)31(34)35/h2-6,8-9,11-12,14H,7,10,13H2,1H3,(H,24,32). The number of nitro benzene ring substituents is 1. The zero-order valence-electron chi connectivity index (χ0n) is 19.1. The van der Waals surface area contributed by atoms with E-state index in [1.54, 1.807) is 23.7 Å². The summed E-state index contributed by atoms with van der Waals surface area (Å²) >= 11 is 1.31. The number of hydrogen-bond donors (Lipinski definition) is 1. The van der Waals surface area contributed by atoms with Crippen molar-refractivity contribution < 1.29 is 9.72 Å². The van der Waals surface area contributed by atoms with E-state index >= 15 is 0 Å². The number of carbonyl (C=O) groups is 1. The third-order valence-electron chi connectivity index (χ3n) is 5.52. The Balaban J connectivity index is 1.26. The summed E-state index contributed by atoms with van der Waals surface area (Å²) in [7, 11) is 0. The number of carbonyl (C=O) groups excluding carboxylic acids is 1. The second-order valence-corrected chi connectivity index (χ2v) is 8.94. The summed E-state index contributed by atoms with van der Waals surface area (Å²) in [5.74, 6) is -0.230. The lowest BCUT2D eigenvalue weighted by molar-refractivity contribution is -0.384. The van der Waals surface area contributed by atoms with E-state index in [1.807, 2.05) is 29.1 Å². The number of nitro groups is 1. The molecule has 0 fully saturated rings. The minimum Gasteiger partial charge on any atom is -0.349 e. The van der Waals surface area contributed by atoms with Crippen molar-refractivity contribution in [1.82, 2.24) is 34.2 Å². The van der Waals surface area contributed by atoms with Crippen LogP contribution in [0, 0.1) is 17.0 Å². The SMILES string of the molecule is Cc1nc(-n2cccc2)sc1C(=O)NCCn1ncc2c(=O)n(Cc3cccc([N+](=O)[O-])c3)cnc21. The topological polar surface area (TPSA) is 143 Å². The molecular weight excluding hydrogens is 484 g/mol. The molecule has 0 aliphatic rings. The van der Waals surface area contributed by atoms with Crippen molar-refractivity contribution in [2.45, 2.75) is 20.0 Å². The van der Waals surface area contributed by atoms with Crippen molar-refractivity contribution in [3.8, 4) is 5.13 Å². The number of amides is 1. The fourth-order valence-corrected chi connectivity index (χ4v) is 4.71. The van der Waals surface area contributed by atoms with Crippen LogP contribution in [0.5, 0.6) is 0 Å². The van der Waals surface area contributed by atoms with Crippen LogP contribution in [-0.4, -0.2) is 46.3 Å². The van der Waals surface area contributed by atoms with Gasteiger partial charge in [0.2, 0.25) is 0 Å². The predicted octanol–water partition coefficient (Wildman–Crippen LogP) is 2.54. The van der Waals surface area contributed by atoms with Gasteiger partial charge in [-0.1, -0.05) is 23.5 Å². The maximum atomic E-state index is 12.9. The van der Waals surface area contributed by atoms with E-state index < -0.39 is 4.92 Å². The normalized spacial score (nSPS) is 11.1. The minimum atomic E-state index is -0.478. The van der Waals surface area contributed by atoms with Gasteiger partial charge in [0.1, 0.15) is 16.6 Å². The number of aryl methyl sites for hydroxylation is 1. The third kappa shape index (κ3) is 4.51. The van der Waals surface area contributed by atoms with E-state index in [4.69, 9.17) is 0 Å². The van der Waals surface area contributed by atoms with Crippen LogP contribution in [0.15, 0.2) is 66.1 Å². The first-order chi connectivity index (χ1) is 17.4. The first-order valence-electron chi connectivity index (χ1n) is 10.9. The fraction of sp³-hybridized carbons (Fsp3) is 0.174. The maximum Gasteiger partial charge on any atom is 0.269 e. The smallest absolute Gasteiger partial charge is 0.269 e. The number of thiazole rings is 1. The molecule has 0 aliphatic heterocycles. The summed E-state index contributed by atoms with van der Waals surface area (Å²) in [5, 5.41) is 19.2. The highest BCUT2D eigenvalue weighted by Crippen LogP contribution is 2.21. The van der Waals surface area contributed by atoms with Crippen molar-refractivity contribution in [2.75, 3.05) is 6.54 Å². The van der Waals surface area contributed by atoms with Gasteiger partial charge in [0.05, 0.1) is 29.9 Å². The molecule has 1 amide bonds. The lowest BCUT2D eigenvalue weighted by atomic mass is 10.2. The van der Waals surface area contributed by atoms with E-state index in [0.29, 0.717) is 38.8 Å². The summed E-state index contributed by atoms with van der Waals surface area (Å²) < 4.78 is 4.78. The Morgan fingerprint density at radius 3 is 2.81 bits per heavy atom. The molecule has 13 heteroatoms. The van der Waals surface area contributed by atoms with Gasteiger partial charge in [0.25, 0.3) is 17.2 Å². The third-order valence-corrected chi connectivity index (χ3v) is 6.69. The molecule has 5 rings (SSSR count). The van der Waals surface area contributed by atoms with Crippen molar-refractivity contribution in [1.29, 1.82) is 0 Å². The first-order valence-corrected chi connectivity index (χ1v) is 11.8. The molecule has 0 saturated heterocycles. The number of nitrogens with one attached hydrogen (secondary N) is 1. The first kappa shape index (κ1) is 23.1. The molecule has 36 heavy (non-hydrogen) atoms. The average Bonchev–Trinajstić information content (AvgIpc) is 3.61. The van der Waals surface area contributed by atoms with Gasteiger partial charge in [-0.05, 0) is 24.6 Å². The van der Waals surface area contributed by atoms with Gasteiger partial charge in [-0.25, -0.2) is 14.6 Å². The quantitative estimate of drug-likeness (QED) is 0.253. The second-order valence-electron chi connectivity index (χ2n) is 7.97. The largest absolute Gasteiger partial charge is 0.349 e. The van der Waals surface area contributed by atoms with Crippen LogP contribution in [0.3, 0.4) is 0 Å². The number of rotatable bonds is 8. The molecule has 1 aromatic carbocycles. The van der Waals surface area contributed by atoms with Gasteiger partial charge in [0, 0.05) is 31.1 Å². The summed E-state index contributed by atoms with van der Waals surface area (Å²) in [6, 6.07) is 9.89. The summed E-state index contributed by atoms with van der Waals surface area (Å²) in [4.78, 5) is 45.5. The van der Waals surface area contributed by atoms with Crippen LogP contribution in [-0.2, 0) is 13.1 Å². The van der Waals surface area contributed by atoms with Crippen LogP contribution >= 0.6 is 11.3 Å². The van der Waals surface area contributed by atoms with Gasteiger partial charge in [-0.3, -0.25) is 24.3 Å². The van der Waals surface area contributed by atoms with Gasteiger partial charge in [-0.15, -0.1) is 0 Å². The Morgan fingerprint density at radius 2 is 2.03 bits per heavy atom. The molecule has 1 N–H and O–H groups in total. The Kier molecular flexibility index (Phi) is 6.12. The van der Waals surface area contributed by atoms with E-state index in [1.165, 1.54) is 40.6 Å². The van der Waals surface area contributed by atoms with Crippen molar-refractivity contribution >= 4 is 34.0 Å². The highest BCUT2D eigenvalue weighted by molar-refractivity contribution is 7.16. The molecule has 0 spiro atoms. The molecule has 0 saturated carbocycles. The lowest BCUT2D eigenvalue weighted by Gasteiger charge is -2.07. The highest BCUT2D eigenvalue weighted by atomic mass is 32.1. The van der Waals surface area contributed by atoms with Crippen molar-refractivity contribution in [3.05, 3.63) is 97.9 Å². The van der Waals surface area contributed by atoms with Crippen molar-refractivity contribution in [2.24, 2.45) is 0 Å². The Hall–Kier alpha value is -4.65. The van der Waals surface area contributed by atoms with Crippen molar-refractivity contribution in [3.63, 3.8) is 0 Å². The average molecular weight is 505 g/mol. The minimum absolute atomic E-state index is 0.0427. The molecule has 0 unspecified atom stereocenters. The molecule has 5 aromatic rings. The molecular formula is C23H20N8O4S. The van der Waals surface area contributed by atoms with E-state index in [-0.39, 0.29) is 30.2 Å². The van der Waals surface area contributed by atoms with Crippen LogP contribution in [0.4, 0.5) is 5.69 Å². The number of aromatic nitrogens is 6. The molecule has 0 radical (unpaired) electrons. The highest BCUT2D eigenvalue weighted by Gasteiger charge is 2.16. The number of fused-ring (bicyclic) bond motifs is 1. The zero-order valence-corrected chi connectivity index (χ0v) is 19.9. The van der Waals surface area contributed by atoms with Crippen LogP contribution in [0.1, 0.15) is 20.9 Å². The van der Waals surface area contributed by atoms with Gasteiger partial charge < -0.3 is 9.88 Å². The number of hydrogen-bond acceptors (Lipinski definition) is 8. The van der Waals surface area contributed by atoms with Gasteiger partial charge >= 0.3 is 0 Å². The van der Waals surface area contributed by atoms with Crippen LogP contribution in [0.25, 0.3) is 16.2 Å². The number of nitrogens with zero attached hydrogens (tertiary/aromatic N) is 7. The number of benzene rings is 1. The van der Waals surface area contributed by atoms with E-state index in [2.05, 4.69) is 20.4 Å². The molecule has 0 bridgehead atoms. The Labute approximate surface area is 207 Å². The molecule has 0 aliphatic carbocycles. The van der Waals surface area contributed by atoms with E-state index in [9.17, 15) is 19.7 Å². The molecule has 4 heterocycles. The summed E-state index contributed by atoms with van der Waals surface area (Å²) in [5.41, 5.74) is 1.31. The lowest BCUT2D eigenvalue weighted by Crippen LogP contribution is -2.27. The second kappa shape index (κ2) is 9.54. The Bertz CT molecular complexity index is 1630. The summed E-state index contributed by atoms with van der Waals surface area (Å²) in [6.07, 6.45) is 6.57. The van der Waals surface area contributed by atoms with Gasteiger partial charge in [-0.2, -0.15) is 5.10 Å². The molecule has 182 valence electrons. The van der Waals surface area contributed by atoms with E-state index in [0.717, 1.165) is 0 Å². The molecule has 12 nitrogen and oxygen atoms in total. The van der Waals surface area contributed by atoms with Crippen LogP contribution in [0.2, 0.25) is 0 Å². The Morgan fingerprint density at radius 1 is 1.22 bits per heavy atom. The predicted molar refractivity (Wildman–Crippen MR) is 132 cm³/mol. The summed E-state index contributed by atoms with van der Waals surface area (Å²) in [6.45, 7) is 2.54. The maximum absolute atomic E-state index is 12.9. The van der Waals surface area contributed by atoms with Gasteiger partial charge in [0.15, 0.2) is 10.8 Å². The zero-order chi connectivity index (χ0) is 25.2. The fourth-order valence-electron chi connectivity index (χ4n) is 3.76.